The first kappa shape index (κ1) is 14.5. The molecule has 2 unspecified atom stereocenters. The van der Waals surface area contributed by atoms with Crippen molar-refractivity contribution in [2.45, 2.75) is 44.6 Å². The number of amides is 1. The molecule has 1 aliphatic rings. The van der Waals surface area contributed by atoms with Gasteiger partial charge in [0.1, 0.15) is 0 Å². The van der Waals surface area contributed by atoms with E-state index in [0.29, 0.717) is 5.92 Å². The zero-order chi connectivity index (χ0) is 14.9. The van der Waals surface area contributed by atoms with Gasteiger partial charge in [-0.15, -0.1) is 11.3 Å². The number of carbonyl (C=O) groups is 1. The summed E-state index contributed by atoms with van der Waals surface area (Å²) in [7, 11) is 0. The minimum absolute atomic E-state index is 0.0152. The molecule has 3 rings (SSSR count). The third kappa shape index (κ3) is 3.11. The summed E-state index contributed by atoms with van der Waals surface area (Å²) in [5, 5.41) is 14.8. The third-order valence-electron chi connectivity index (χ3n) is 4.28. The molecule has 21 heavy (non-hydrogen) atoms. The van der Waals surface area contributed by atoms with E-state index in [1.807, 2.05) is 22.2 Å². The Hall–Kier alpha value is -1.40. The van der Waals surface area contributed by atoms with Crippen LogP contribution < -0.4 is 5.32 Å². The highest BCUT2D eigenvalue weighted by atomic mass is 32.1. The van der Waals surface area contributed by atoms with Gasteiger partial charge in [-0.25, -0.2) is 4.98 Å². The normalized spacial score (nSPS) is 26.1. The van der Waals surface area contributed by atoms with Crippen LogP contribution in [0.25, 0.3) is 4.96 Å². The molecule has 5 nitrogen and oxygen atoms in total. The van der Waals surface area contributed by atoms with Crippen molar-refractivity contribution in [2.24, 2.45) is 5.92 Å². The van der Waals surface area contributed by atoms with Crippen LogP contribution in [0.1, 0.15) is 38.3 Å². The van der Waals surface area contributed by atoms with E-state index in [2.05, 4.69) is 17.2 Å². The van der Waals surface area contributed by atoms with E-state index >= 15 is 0 Å². The van der Waals surface area contributed by atoms with Crippen molar-refractivity contribution in [2.75, 3.05) is 6.61 Å². The summed E-state index contributed by atoms with van der Waals surface area (Å²) in [5.74, 6) is 0.494. The zero-order valence-corrected chi connectivity index (χ0v) is 13.0. The molecule has 114 valence electrons. The SMILES string of the molecule is CC1CCCC(CO)(NC(=O)Cc2cn3ccsc3n2)C1. The number of aliphatic hydroxyl groups excluding tert-OH is 1. The van der Waals surface area contributed by atoms with Gasteiger partial charge >= 0.3 is 0 Å². The maximum atomic E-state index is 12.3. The Balaban J connectivity index is 1.66. The summed E-state index contributed by atoms with van der Waals surface area (Å²) in [6, 6.07) is 0. The monoisotopic (exact) mass is 307 g/mol. The van der Waals surface area contributed by atoms with Gasteiger partial charge in [-0.05, 0) is 18.8 Å². The molecule has 0 aromatic carbocycles. The van der Waals surface area contributed by atoms with Gasteiger partial charge in [0.05, 0.1) is 24.3 Å². The molecule has 1 saturated carbocycles. The molecule has 0 spiro atoms. The fourth-order valence-electron chi connectivity index (χ4n) is 3.32. The van der Waals surface area contributed by atoms with Gasteiger partial charge in [-0.1, -0.05) is 19.8 Å². The maximum Gasteiger partial charge on any atom is 0.226 e. The molecule has 2 N–H and O–H groups in total. The number of aliphatic hydroxyl groups is 1. The number of imidazole rings is 1. The molecule has 0 bridgehead atoms. The summed E-state index contributed by atoms with van der Waals surface area (Å²) in [6.07, 6.45) is 8.04. The molecular formula is C15H21N3O2S. The lowest BCUT2D eigenvalue weighted by Crippen LogP contribution is -2.54. The summed E-state index contributed by atoms with van der Waals surface area (Å²) in [5.41, 5.74) is 0.336. The highest BCUT2D eigenvalue weighted by Crippen LogP contribution is 2.32. The molecule has 0 aliphatic heterocycles. The Morgan fingerprint density at radius 1 is 1.67 bits per heavy atom. The Kier molecular flexibility index (Phi) is 3.99. The van der Waals surface area contributed by atoms with Gasteiger partial charge < -0.3 is 10.4 Å². The van der Waals surface area contributed by atoms with Crippen molar-refractivity contribution in [1.82, 2.24) is 14.7 Å². The van der Waals surface area contributed by atoms with Gasteiger partial charge in [0.2, 0.25) is 5.91 Å². The molecule has 0 radical (unpaired) electrons. The van der Waals surface area contributed by atoms with Gasteiger partial charge in [0, 0.05) is 17.8 Å². The van der Waals surface area contributed by atoms with Crippen LogP contribution in [-0.2, 0) is 11.2 Å². The molecule has 2 atom stereocenters. The second-order valence-electron chi connectivity index (χ2n) is 6.19. The van der Waals surface area contributed by atoms with Crippen molar-refractivity contribution >= 4 is 22.2 Å². The quantitative estimate of drug-likeness (QED) is 0.908. The summed E-state index contributed by atoms with van der Waals surface area (Å²) < 4.78 is 1.93. The number of nitrogens with one attached hydrogen (secondary N) is 1. The fraction of sp³-hybridized carbons (Fsp3) is 0.600. The highest BCUT2D eigenvalue weighted by Gasteiger charge is 2.35. The predicted octanol–water partition coefficient (Wildman–Crippen LogP) is 2.00. The van der Waals surface area contributed by atoms with Crippen molar-refractivity contribution in [3.8, 4) is 0 Å². The number of thiazole rings is 1. The van der Waals surface area contributed by atoms with E-state index in [1.165, 1.54) is 6.42 Å². The average Bonchev–Trinajstić information content (AvgIpc) is 2.99. The number of carbonyl (C=O) groups excluding carboxylic acids is 1. The van der Waals surface area contributed by atoms with Crippen LogP contribution in [0, 0.1) is 5.92 Å². The second-order valence-corrected chi connectivity index (χ2v) is 7.06. The van der Waals surface area contributed by atoms with Crippen LogP contribution in [0.3, 0.4) is 0 Å². The van der Waals surface area contributed by atoms with Crippen LogP contribution in [0.2, 0.25) is 0 Å². The van der Waals surface area contributed by atoms with Crippen molar-refractivity contribution in [3.05, 3.63) is 23.5 Å². The summed E-state index contributed by atoms with van der Waals surface area (Å²) >= 11 is 1.56. The van der Waals surface area contributed by atoms with E-state index in [4.69, 9.17) is 0 Å². The largest absolute Gasteiger partial charge is 0.394 e. The van der Waals surface area contributed by atoms with Crippen molar-refractivity contribution in [1.29, 1.82) is 0 Å². The number of aromatic nitrogens is 2. The van der Waals surface area contributed by atoms with E-state index in [0.717, 1.165) is 29.9 Å². The summed E-state index contributed by atoms with van der Waals surface area (Å²) in [6.45, 7) is 2.20. The number of hydrogen-bond acceptors (Lipinski definition) is 4. The molecule has 1 amide bonds. The second kappa shape index (κ2) is 5.77. The Bertz CT molecular complexity index is 607. The summed E-state index contributed by atoms with van der Waals surface area (Å²) in [4.78, 5) is 17.6. The number of rotatable bonds is 4. The molecule has 1 aliphatic carbocycles. The maximum absolute atomic E-state index is 12.3. The first-order valence-corrected chi connectivity index (χ1v) is 8.31. The van der Waals surface area contributed by atoms with Crippen LogP contribution in [-0.4, -0.2) is 32.5 Å². The first-order valence-electron chi connectivity index (χ1n) is 7.43. The van der Waals surface area contributed by atoms with Gasteiger partial charge in [-0.3, -0.25) is 9.20 Å². The number of hydrogen-bond donors (Lipinski definition) is 2. The lowest BCUT2D eigenvalue weighted by atomic mass is 9.77. The van der Waals surface area contributed by atoms with Gasteiger partial charge in [0.25, 0.3) is 0 Å². The van der Waals surface area contributed by atoms with Crippen LogP contribution in [0.5, 0.6) is 0 Å². The standard InChI is InChI=1S/C15H21N3O2S/c1-11-3-2-4-15(8-11,10-19)17-13(20)7-12-9-18-5-6-21-14(18)16-12/h5-6,9,11,19H,2-4,7-8,10H2,1H3,(H,17,20). The molecule has 1 fully saturated rings. The fourth-order valence-corrected chi connectivity index (χ4v) is 4.04. The van der Waals surface area contributed by atoms with E-state index in [-0.39, 0.29) is 18.9 Å². The number of nitrogens with zero attached hydrogens (tertiary/aromatic N) is 2. The molecule has 0 saturated heterocycles. The van der Waals surface area contributed by atoms with Crippen molar-refractivity contribution < 1.29 is 9.90 Å². The lowest BCUT2D eigenvalue weighted by Gasteiger charge is -2.39. The van der Waals surface area contributed by atoms with Crippen molar-refractivity contribution in [3.63, 3.8) is 0 Å². The molecule has 6 heteroatoms. The van der Waals surface area contributed by atoms with Crippen LogP contribution in [0.4, 0.5) is 0 Å². The minimum atomic E-state index is -0.439. The van der Waals surface area contributed by atoms with E-state index < -0.39 is 5.54 Å². The van der Waals surface area contributed by atoms with Crippen LogP contribution in [0.15, 0.2) is 17.8 Å². The highest BCUT2D eigenvalue weighted by molar-refractivity contribution is 7.15. The Morgan fingerprint density at radius 3 is 3.24 bits per heavy atom. The topological polar surface area (TPSA) is 66.6 Å². The zero-order valence-electron chi connectivity index (χ0n) is 12.2. The Morgan fingerprint density at radius 2 is 2.52 bits per heavy atom. The molecule has 2 aromatic heterocycles. The molecule has 2 aromatic rings. The smallest absolute Gasteiger partial charge is 0.226 e. The first-order chi connectivity index (χ1) is 10.1. The Labute approximate surface area is 128 Å². The lowest BCUT2D eigenvalue weighted by molar-refractivity contribution is -0.123. The molecule has 2 heterocycles. The number of fused-ring (bicyclic) bond motifs is 1. The third-order valence-corrected chi connectivity index (χ3v) is 5.05. The average molecular weight is 307 g/mol. The molecular weight excluding hydrogens is 286 g/mol. The van der Waals surface area contributed by atoms with Gasteiger partial charge in [0.15, 0.2) is 4.96 Å². The van der Waals surface area contributed by atoms with Gasteiger partial charge in [-0.2, -0.15) is 0 Å². The van der Waals surface area contributed by atoms with E-state index in [9.17, 15) is 9.90 Å². The van der Waals surface area contributed by atoms with Crippen LogP contribution >= 0.6 is 11.3 Å². The minimum Gasteiger partial charge on any atom is -0.394 e. The predicted molar refractivity (Wildman–Crippen MR) is 82.4 cm³/mol. The van der Waals surface area contributed by atoms with E-state index in [1.54, 1.807) is 11.3 Å².